The van der Waals surface area contributed by atoms with Gasteiger partial charge in [-0.2, -0.15) is 11.8 Å². The minimum Gasteiger partial charge on any atom is -0.391 e. The fourth-order valence-electron chi connectivity index (χ4n) is 1.74. The largest absolute Gasteiger partial charge is 0.391 e. The van der Waals surface area contributed by atoms with E-state index in [9.17, 15) is 0 Å². The number of nitrogens with zero attached hydrogens (tertiary/aromatic N) is 2. The third-order valence-corrected chi connectivity index (χ3v) is 5.75. The van der Waals surface area contributed by atoms with Crippen molar-refractivity contribution in [1.29, 1.82) is 0 Å². The van der Waals surface area contributed by atoms with Crippen molar-refractivity contribution in [3.63, 3.8) is 0 Å². The Morgan fingerprint density at radius 2 is 2.31 bits per heavy atom. The second-order valence-electron chi connectivity index (χ2n) is 3.88. The van der Waals surface area contributed by atoms with Gasteiger partial charge in [0.25, 0.3) is 0 Å². The number of hydrogen-bond donors (Lipinski definition) is 1. The van der Waals surface area contributed by atoms with Crippen molar-refractivity contribution in [3.8, 4) is 0 Å². The van der Waals surface area contributed by atoms with E-state index < -0.39 is 0 Å². The van der Waals surface area contributed by atoms with Crippen LogP contribution in [-0.2, 0) is 6.61 Å². The Morgan fingerprint density at radius 1 is 1.56 bits per heavy atom. The average molecular weight is 279 g/mol. The van der Waals surface area contributed by atoms with Gasteiger partial charge in [0.05, 0.1) is 11.5 Å². The molecule has 2 rings (SSSR count). The summed E-state index contributed by atoms with van der Waals surface area (Å²) in [5.74, 6) is 1.12. The lowest BCUT2D eigenvalue weighted by atomic mass is 10.2. The van der Waals surface area contributed by atoms with E-state index in [1.165, 1.54) is 11.3 Å². The molecule has 0 amide bonds. The number of aromatic nitrogens is 1. The Hall–Kier alpha value is 0.0300. The van der Waals surface area contributed by atoms with Crippen LogP contribution >= 0.6 is 34.7 Å². The predicted octanol–water partition coefficient (Wildman–Crippen LogP) is 2.62. The molecule has 2 heterocycles. The van der Waals surface area contributed by atoms with Crippen molar-refractivity contribution in [3.05, 3.63) is 10.0 Å². The molecule has 6 heteroatoms. The number of aliphatic hydroxyl groups is 1. The molecule has 1 saturated heterocycles. The third-order valence-electron chi connectivity index (χ3n) is 2.91. The molecule has 1 aromatic heterocycles. The molecule has 0 aromatic carbocycles. The minimum absolute atomic E-state index is 0.0248. The fraction of sp³-hybridized carbons (Fsp3) is 0.700. The quantitative estimate of drug-likeness (QED) is 0.902. The normalized spacial score (nSPS) is 26.1. The van der Waals surface area contributed by atoms with E-state index in [1.54, 1.807) is 0 Å². The summed E-state index contributed by atoms with van der Waals surface area (Å²) in [6.45, 7) is 5.43. The van der Waals surface area contributed by atoms with Gasteiger partial charge < -0.3 is 10.0 Å². The van der Waals surface area contributed by atoms with Gasteiger partial charge in [-0.3, -0.25) is 0 Å². The van der Waals surface area contributed by atoms with Crippen LogP contribution in [0.5, 0.6) is 0 Å². The summed E-state index contributed by atoms with van der Waals surface area (Å²) >= 11 is 9.45. The highest BCUT2D eigenvalue weighted by molar-refractivity contribution is 8.00. The first-order valence-electron chi connectivity index (χ1n) is 5.27. The second kappa shape index (κ2) is 5.12. The first kappa shape index (κ1) is 12.5. The molecular weight excluding hydrogens is 264 g/mol. The topological polar surface area (TPSA) is 36.4 Å². The molecule has 0 bridgehead atoms. The maximum absolute atomic E-state index is 9.11. The average Bonchev–Trinajstić information content (AvgIpc) is 2.63. The van der Waals surface area contributed by atoms with Gasteiger partial charge in [0.1, 0.15) is 5.15 Å². The number of halogens is 1. The van der Waals surface area contributed by atoms with E-state index >= 15 is 0 Å². The van der Waals surface area contributed by atoms with E-state index in [-0.39, 0.29) is 6.61 Å². The van der Waals surface area contributed by atoms with Crippen LogP contribution in [0.3, 0.4) is 0 Å². The third kappa shape index (κ3) is 2.32. The molecule has 0 saturated carbocycles. The van der Waals surface area contributed by atoms with Crippen LogP contribution in [0.15, 0.2) is 0 Å². The summed E-state index contributed by atoms with van der Waals surface area (Å²) in [5, 5.41) is 11.1. The van der Waals surface area contributed by atoms with Gasteiger partial charge in [-0.05, 0) is 6.92 Å². The molecule has 16 heavy (non-hydrogen) atoms. The number of anilines is 1. The molecule has 0 aliphatic carbocycles. The summed E-state index contributed by atoms with van der Waals surface area (Å²) in [4.78, 5) is 7.38. The standard InChI is InChI=1S/C10H15ClN2OS2/c1-6-7(2)15-4-3-13(6)10-12-9(11)8(5-14)16-10/h6-7,14H,3-5H2,1-2H3. The number of thiazole rings is 1. The zero-order valence-corrected chi connectivity index (χ0v) is 11.7. The number of rotatable bonds is 2. The van der Waals surface area contributed by atoms with Crippen molar-refractivity contribution >= 4 is 39.8 Å². The van der Waals surface area contributed by atoms with Crippen LogP contribution in [0.1, 0.15) is 18.7 Å². The highest BCUT2D eigenvalue weighted by atomic mass is 35.5. The first-order chi connectivity index (χ1) is 7.63. The maximum Gasteiger partial charge on any atom is 0.187 e. The Kier molecular flexibility index (Phi) is 4.00. The van der Waals surface area contributed by atoms with Crippen LogP contribution in [0.4, 0.5) is 5.13 Å². The summed E-state index contributed by atoms with van der Waals surface area (Å²) in [5.41, 5.74) is 0. The van der Waals surface area contributed by atoms with Gasteiger partial charge in [0, 0.05) is 23.6 Å². The minimum atomic E-state index is -0.0248. The zero-order chi connectivity index (χ0) is 11.7. The van der Waals surface area contributed by atoms with Gasteiger partial charge in [0.2, 0.25) is 0 Å². The highest BCUT2D eigenvalue weighted by Crippen LogP contribution is 2.34. The lowest BCUT2D eigenvalue weighted by molar-refractivity contribution is 0.285. The number of hydrogen-bond acceptors (Lipinski definition) is 5. The van der Waals surface area contributed by atoms with Gasteiger partial charge in [-0.1, -0.05) is 29.9 Å². The molecule has 0 radical (unpaired) electrons. The Balaban J connectivity index is 2.22. The molecule has 1 aliphatic rings. The van der Waals surface area contributed by atoms with Gasteiger partial charge in [0.15, 0.2) is 5.13 Å². The van der Waals surface area contributed by atoms with Crippen LogP contribution in [0, 0.1) is 0 Å². The number of thioether (sulfide) groups is 1. The van der Waals surface area contributed by atoms with Crippen LogP contribution in [-0.4, -0.2) is 33.7 Å². The van der Waals surface area contributed by atoms with E-state index in [2.05, 4.69) is 23.7 Å². The van der Waals surface area contributed by atoms with E-state index in [4.69, 9.17) is 16.7 Å². The molecule has 3 nitrogen and oxygen atoms in total. The maximum atomic E-state index is 9.11. The zero-order valence-electron chi connectivity index (χ0n) is 9.31. The molecule has 1 aliphatic heterocycles. The molecule has 0 spiro atoms. The van der Waals surface area contributed by atoms with E-state index in [0.717, 1.165) is 22.3 Å². The van der Waals surface area contributed by atoms with Crippen molar-refractivity contribution in [2.75, 3.05) is 17.2 Å². The van der Waals surface area contributed by atoms with Crippen molar-refractivity contribution in [1.82, 2.24) is 4.98 Å². The molecule has 1 fully saturated rings. The first-order valence-corrected chi connectivity index (χ1v) is 7.52. The van der Waals surface area contributed by atoms with Gasteiger partial charge in [-0.15, -0.1) is 0 Å². The lowest BCUT2D eigenvalue weighted by Crippen LogP contribution is -2.44. The number of aliphatic hydroxyl groups excluding tert-OH is 1. The van der Waals surface area contributed by atoms with Crippen LogP contribution in [0.25, 0.3) is 0 Å². The summed E-state index contributed by atoms with van der Waals surface area (Å²) in [6, 6.07) is 0.465. The summed E-state index contributed by atoms with van der Waals surface area (Å²) in [7, 11) is 0. The molecular formula is C10H15ClN2OS2. The highest BCUT2D eigenvalue weighted by Gasteiger charge is 2.27. The summed E-state index contributed by atoms with van der Waals surface area (Å²) < 4.78 is 0. The van der Waals surface area contributed by atoms with E-state index in [1.807, 2.05) is 11.8 Å². The molecule has 2 unspecified atom stereocenters. The van der Waals surface area contributed by atoms with Crippen LogP contribution in [0.2, 0.25) is 5.15 Å². The fourth-order valence-corrected chi connectivity index (χ4v) is 4.08. The van der Waals surface area contributed by atoms with Gasteiger partial charge >= 0.3 is 0 Å². The predicted molar refractivity (Wildman–Crippen MR) is 71.8 cm³/mol. The molecule has 90 valence electrons. The van der Waals surface area contributed by atoms with Crippen molar-refractivity contribution in [2.24, 2.45) is 0 Å². The lowest BCUT2D eigenvalue weighted by Gasteiger charge is -2.37. The second-order valence-corrected chi connectivity index (χ2v) is 6.78. The van der Waals surface area contributed by atoms with Crippen molar-refractivity contribution in [2.45, 2.75) is 31.7 Å². The van der Waals surface area contributed by atoms with Crippen LogP contribution < -0.4 is 4.90 Å². The molecule has 2 atom stereocenters. The summed E-state index contributed by atoms with van der Waals surface area (Å²) in [6.07, 6.45) is 0. The SMILES string of the molecule is CC1SCCN(c2nc(Cl)c(CO)s2)C1C. The Morgan fingerprint density at radius 3 is 2.94 bits per heavy atom. The molecule has 1 N–H and O–H groups in total. The smallest absolute Gasteiger partial charge is 0.187 e. The Labute approximate surface area is 109 Å². The monoisotopic (exact) mass is 278 g/mol. The van der Waals surface area contributed by atoms with Crippen molar-refractivity contribution < 1.29 is 5.11 Å². The molecule has 1 aromatic rings. The van der Waals surface area contributed by atoms with E-state index in [0.29, 0.717) is 16.4 Å². The Bertz CT molecular complexity index is 372. The van der Waals surface area contributed by atoms with Gasteiger partial charge in [-0.25, -0.2) is 4.98 Å².